The van der Waals surface area contributed by atoms with E-state index in [0.29, 0.717) is 11.8 Å². The standard InChI is InChI=1S/C11H11NO2.C2H6/c1-6-8-3-4-12-10(8)7(2)11(14)9(6)5-13;1-2/h3-5,12,14H,1-2H3;1-2H3. The predicted octanol–water partition coefficient (Wildman–Crippen LogP) is 3.33. The van der Waals surface area contributed by atoms with Gasteiger partial charge in [-0.2, -0.15) is 0 Å². The zero-order valence-electron chi connectivity index (χ0n) is 10.1. The van der Waals surface area contributed by atoms with Crippen LogP contribution in [0.4, 0.5) is 0 Å². The monoisotopic (exact) mass is 219 g/mol. The van der Waals surface area contributed by atoms with Crippen LogP contribution < -0.4 is 0 Å². The SMILES string of the molecule is CC.Cc1c(C=O)c(O)c(C)c2[nH]ccc12. The molecule has 86 valence electrons. The molecule has 2 N–H and O–H groups in total. The summed E-state index contributed by atoms with van der Waals surface area (Å²) in [5, 5.41) is 10.7. The molecule has 2 aromatic rings. The maximum Gasteiger partial charge on any atom is 0.154 e. The number of aldehydes is 1. The fourth-order valence-electron chi connectivity index (χ4n) is 1.78. The smallest absolute Gasteiger partial charge is 0.154 e. The number of aromatic hydroxyl groups is 1. The van der Waals surface area contributed by atoms with Gasteiger partial charge in [0.05, 0.1) is 11.1 Å². The lowest BCUT2D eigenvalue weighted by Gasteiger charge is -2.07. The number of carbonyl (C=O) groups excluding carboxylic acids is 1. The molecule has 0 fully saturated rings. The lowest BCUT2D eigenvalue weighted by molar-refractivity contribution is 0.112. The number of phenols is 1. The number of aryl methyl sites for hydroxylation is 2. The predicted molar refractivity (Wildman–Crippen MR) is 66.2 cm³/mol. The number of carbonyl (C=O) groups is 1. The maximum absolute atomic E-state index is 10.8. The molecule has 0 atom stereocenters. The highest BCUT2D eigenvalue weighted by Crippen LogP contribution is 2.32. The van der Waals surface area contributed by atoms with Gasteiger partial charge in [-0.1, -0.05) is 13.8 Å². The molecular weight excluding hydrogens is 202 g/mol. The molecular formula is C13H17NO2. The largest absolute Gasteiger partial charge is 0.507 e. The van der Waals surface area contributed by atoms with E-state index in [9.17, 15) is 9.90 Å². The normalized spacial score (nSPS) is 9.75. The molecule has 0 spiro atoms. The quantitative estimate of drug-likeness (QED) is 0.723. The van der Waals surface area contributed by atoms with E-state index in [1.807, 2.05) is 26.8 Å². The van der Waals surface area contributed by atoms with Gasteiger partial charge < -0.3 is 10.1 Å². The summed E-state index contributed by atoms with van der Waals surface area (Å²) in [7, 11) is 0. The van der Waals surface area contributed by atoms with Gasteiger partial charge in [0.2, 0.25) is 0 Å². The Balaban J connectivity index is 0.000000606. The minimum atomic E-state index is 0.0763. The van der Waals surface area contributed by atoms with E-state index < -0.39 is 0 Å². The number of fused-ring (bicyclic) bond motifs is 1. The Morgan fingerprint density at radius 1 is 1.25 bits per heavy atom. The number of nitrogens with one attached hydrogen (secondary N) is 1. The highest BCUT2D eigenvalue weighted by atomic mass is 16.3. The number of phenolic OH excluding ortho intramolecular Hbond substituents is 1. The molecule has 1 aromatic carbocycles. The summed E-state index contributed by atoms with van der Waals surface area (Å²) >= 11 is 0. The van der Waals surface area contributed by atoms with Crippen LogP contribution in [-0.4, -0.2) is 16.4 Å². The molecule has 0 bridgehead atoms. The average molecular weight is 219 g/mol. The van der Waals surface area contributed by atoms with E-state index in [1.54, 1.807) is 13.1 Å². The van der Waals surface area contributed by atoms with Crippen molar-refractivity contribution >= 4 is 17.2 Å². The first kappa shape index (κ1) is 12.3. The third-order valence-electron chi connectivity index (χ3n) is 2.66. The van der Waals surface area contributed by atoms with Crippen molar-refractivity contribution in [3.05, 3.63) is 29.0 Å². The number of aromatic amines is 1. The summed E-state index contributed by atoms with van der Waals surface area (Å²) in [5.41, 5.74) is 2.82. The van der Waals surface area contributed by atoms with E-state index in [-0.39, 0.29) is 5.75 Å². The van der Waals surface area contributed by atoms with Gasteiger partial charge in [-0.15, -0.1) is 0 Å². The van der Waals surface area contributed by atoms with Crippen LogP contribution in [0.2, 0.25) is 0 Å². The van der Waals surface area contributed by atoms with Crippen LogP contribution in [0, 0.1) is 13.8 Å². The zero-order valence-corrected chi connectivity index (χ0v) is 10.1. The van der Waals surface area contributed by atoms with Crippen LogP contribution in [0.1, 0.15) is 35.3 Å². The van der Waals surface area contributed by atoms with Crippen molar-refractivity contribution in [2.45, 2.75) is 27.7 Å². The van der Waals surface area contributed by atoms with Gasteiger partial charge in [0.25, 0.3) is 0 Å². The topological polar surface area (TPSA) is 53.1 Å². The number of hydrogen-bond donors (Lipinski definition) is 2. The number of aromatic nitrogens is 1. The molecule has 1 heterocycles. The summed E-state index contributed by atoms with van der Waals surface area (Å²) < 4.78 is 0. The summed E-state index contributed by atoms with van der Waals surface area (Å²) in [5.74, 6) is 0.0763. The third-order valence-corrected chi connectivity index (χ3v) is 2.66. The number of hydrogen-bond acceptors (Lipinski definition) is 2. The second-order valence-corrected chi connectivity index (χ2v) is 3.40. The molecule has 0 radical (unpaired) electrons. The van der Waals surface area contributed by atoms with Crippen LogP contribution in [-0.2, 0) is 0 Å². The van der Waals surface area contributed by atoms with E-state index in [2.05, 4.69) is 4.98 Å². The minimum absolute atomic E-state index is 0.0763. The molecule has 0 saturated heterocycles. The minimum Gasteiger partial charge on any atom is -0.507 e. The fraction of sp³-hybridized carbons (Fsp3) is 0.308. The molecule has 0 aliphatic rings. The first-order chi connectivity index (χ1) is 7.66. The summed E-state index contributed by atoms with van der Waals surface area (Å²) in [6.45, 7) is 7.62. The summed E-state index contributed by atoms with van der Waals surface area (Å²) in [6.07, 6.45) is 2.50. The Bertz CT molecular complexity index is 512. The second-order valence-electron chi connectivity index (χ2n) is 3.40. The summed E-state index contributed by atoms with van der Waals surface area (Å²) in [6, 6.07) is 1.91. The van der Waals surface area contributed by atoms with Gasteiger partial charge in [0.1, 0.15) is 5.75 Å². The first-order valence-electron chi connectivity index (χ1n) is 5.41. The van der Waals surface area contributed by atoms with Crippen molar-refractivity contribution in [2.24, 2.45) is 0 Å². The van der Waals surface area contributed by atoms with Crippen molar-refractivity contribution in [3.8, 4) is 5.75 Å². The van der Waals surface area contributed by atoms with Gasteiger partial charge in [-0.05, 0) is 25.5 Å². The fourth-order valence-corrected chi connectivity index (χ4v) is 1.78. The van der Waals surface area contributed by atoms with Crippen molar-refractivity contribution in [1.82, 2.24) is 4.98 Å². The highest BCUT2D eigenvalue weighted by Gasteiger charge is 2.13. The lowest BCUT2D eigenvalue weighted by Crippen LogP contribution is -1.92. The van der Waals surface area contributed by atoms with E-state index in [4.69, 9.17) is 0 Å². The van der Waals surface area contributed by atoms with Gasteiger partial charge in [-0.3, -0.25) is 4.79 Å². The first-order valence-corrected chi connectivity index (χ1v) is 5.41. The Kier molecular flexibility index (Phi) is 3.72. The van der Waals surface area contributed by atoms with Gasteiger partial charge in [-0.25, -0.2) is 0 Å². The number of rotatable bonds is 1. The summed E-state index contributed by atoms with van der Waals surface area (Å²) in [4.78, 5) is 13.8. The molecule has 0 amide bonds. The van der Waals surface area contributed by atoms with Crippen molar-refractivity contribution in [2.75, 3.05) is 0 Å². The number of H-pyrrole nitrogens is 1. The zero-order chi connectivity index (χ0) is 12.3. The van der Waals surface area contributed by atoms with Gasteiger partial charge >= 0.3 is 0 Å². The Labute approximate surface area is 95.1 Å². The van der Waals surface area contributed by atoms with Crippen LogP contribution >= 0.6 is 0 Å². The number of benzene rings is 1. The molecule has 2 rings (SSSR count). The van der Waals surface area contributed by atoms with Gasteiger partial charge in [0, 0.05) is 17.1 Å². The average Bonchev–Trinajstić information content (AvgIpc) is 2.79. The third kappa shape index (κ3) is 1.69. The highest BCUT2D eigenvalue weighted by molar-refractivity contribution is 5.96. The molecule has 1 aromatic heterocycles. The molecule has 0 aliphatic heterocycles. The molecule has 3 nitrogen and oxygen atoms in total. The molecule has 0 aliphatic carbocycles. The second kappa shape index (κ2) is 4.84. The van der Waals surface area contributed by atoms with E-state index in [1.165, 1.54) is 0 Å². The van der Waals surface area contributed by atoms with Crippen LogP contribution in [0.3, 0.4) is 0 Å². The maximum atomic E-state index is 10.8. The van der Waals surface area contributed by atoms with Crippen molar-refractivity contribution in [3.63, 3.8) is 0 Å². The lowest BCUT2D eigenvalue weighted by atomic mass is 10.0. The van der Waals surface area contributed by atoms with E-state index in [0.717, 1.165) is 22.0 Å². The van der Waals surface area contributed by atoms with Crippen LogP contribution in [0.5, 0.6) is 5.75 Å². The molecule has 16 heavy (non-hydrogen) atoms. The Morgan fingerprint density at radius 2 is 1.88 bits per heavy atom. The molecule has 0 unspecified atom stereocenters. The van der Waals surface area contributed by atoms with E-state index >= 15 is 0 Å². The Hall–Kier alpha value is -1.77. The Morgan fingerprint density at radius 3 is 2.44 bits per heavy atom. The van der Waals surface area contributed by atoms with Gasteiger partial charge in [0.15, 0.2) is 6.29 Å². The van der Waals surface area contributed by atoms with Crippen molar-refractivity contribution < 1.29 is 9.90 Å². The molecule has 0 saturated carbocycles. The van der Waals surface area contributed by atoms with Crippen LogP contribution in [0.15, 0.2) is 12.3 Å². The molecule has 3 heteroatoms. The van der Waals surface area contributed by atoms with Crippen molar-refractivity contribution in [1.29, 1.82) is 0 Å². The van der Waals surface area contributed by atoms with Crippen LogP contribution in [0.25, 0.3) is 10.9 Å².